The van der Waals surface area contributed by atoms with Crippen LogP contribution in [0.1, 0.15) is 55.1 Å². The van der Waals surface area contributed by atoms with Crippen molar-refractivity contribution in [3.8, 4) is 0 Å². The molecule has 0 aliphatic carbocycles. The van der Waals surface area contributed by atoms with Gasteiger partial charge in [0, 0.05) is 48.9 Å². The maximum Gasteiger partial charge on any atom is 0.227 e. The first-order valence-corrected chi connectivity index (χ1v) is 10.7. The van der Waals surface area contributed by atoms with Crippen molar-refractivity contribution in [2.75, 3.05) is 13.1 Å². The molecule has 0 bridgehead atoms. The van der Waals surface area contributed by atoms with Crippen LogP contribution < -0.4 is 0 Å². The number of furan rings is 1. The number of rotatable bonds is 5. The molecule has 3 aromatic rings. The molecule has 1 aliphatic heterocycles. The lowest BCUT2D eigenvalue weighted by molar-refractivity contribution is -0.131. The summed E-state index contributed by atoms with van der Waals surface area (Å²) < 4.78 is 8.06. The Bertz CT molecular complexity index is 1010. The fourth-order valence-electron chi connectivity index (χ4n) is 4.42. The second-order valence-electron chi connectivity index (χ2n) is 8.74. The van der Waals surface area contributed by atoms with Crippen LogP contribution in [0.4, 0.5) is 0 Å². The Morgan fingerprint density at radius 3 is 2.72 bits per heavy atom. The Hall–Kier alpha value is -2.56. The van der Waals surface area contributed by atoms with Gasteiger partial charge < -0.3 is 13.9 Å². The molecule has 2 aromatic heterocycles. The number of piperidine rings is 1. The maximum atomic E-state index is 12.9. The van der Waals surface area contributed by atoms with E-state index in [2.05, 4.69) is 55.6 Å². The van der Waals surface area contributed by atoms with E-state index >= 15 is 0 Å². The van der Waals surface area contributed by atoms with Gasteiger partial charge in [-0.1, -0.05) is 26.0 Å². The monoisotopic (exact) mass is 393 g/mol. The summed E-state index contributed by atoms with van der Waals surface area (Å²) in [6.45, 7) is 11.2. The number of fused-ring (bicyclic) bond motifs is 1. The smallest absolute Gasteiger partial charge is 0.227 e. The first-order chi connectivity index (χ1) is 13.9. The van der Waals surface area contributed by atoms with E-state index < -0.39 is 0 Å². The summed E-state index contributed by atoms with van der Waals surface area (Å²) in [4.78, 5) is 19.4. The molecule has 1 aromatic carbocycles. The van der Waals surface area contributed by atoms with Crippen LogP contribution >= 0.6 is 0 Å². The number of likely N-dealkylation sites (tertiary alicyclic amines) is 1. The number of imidazole rings is 1. The molecule has 1 saturated heterocycles. The minimum absolute atomic E-state index is 0.204. The van der Waals surface area contributed by atoms with Crippen molar-refractivity contribution >= 4 is 16.9 Å². The predicted molar refractivity (Wildman–Crippen MR) is 115 cm³/mol. The van der Waals surface area contributed by atoms with Gasteiger partial charge in [-0.2, -0.15) is 0 Å². The molecule has 1 amide bonds. The molecule has 0 radical (unpaired) electrons. The zero-order valence-electron chi connectivity index (χ0n) is 17.9. The summed E-state index contributed by atoms with van der Waals surface area (Å²) in [7, 11) is 0. The fourth-order valence-corrected chi connectivity index (χ4v) is 4.42. The van der Waals surface area contributed by atoms with Crippen molar-refractivity contribution < 1.29 is 9.21 Å². The number of amides is 1. The standard InChI is InChI=1S/C24H31N3O2/c1-16(2)24-25-9-12-27(24)14-19-7-10-26(11-8-19)22(28)13-20-15-29-23-18(4)17(3)5-6-21(20)23/h5-6,9,12,15-16,19H,7-8,10-11,13-14H2,1-4H3. The summed E-state index contributed by atoms with van der Waals surface area (Å²) >= 11 is 0. The van der Waals surface area contributed by atoms with Crippen molar-refractivity contribution in [3.05, 3.63) is 53.3 Å². The Kier molecular flexibility index (Phi) is 5.48. The van der Waals surface area contributed by atoms with Gasteiger partial charge in [0.25, 0.3) is 0 Å². The molecule has 5 heteroatoms. The van der Waals surface area contributed by atoms with E-state index in [1.54, 1.807) is 6.26 Å². The van der Waals surface area contributed by atoms with Crippen molar-refractivity contribution in [2.24, 2.45) is 5.92 Å². The molecule has 154 valence electrons. The Balaban J connectivity index is 1.36. The Morgan fingerprint density at radius 2 is 2.00 bits per heavy atom. The predicted octanol–water partition coefficient (Wildman–Crippen LogP) is 4.85. The zero-order chi connectivity index (χ0) is 20.5. The summed E-state index contributed by atoms with van der Waals surface area (Å²) in [6, 6.07) is 4.18. The highest BCUT2D eigenvalue weighted by Crippen LogP contribution is 2.28. The van der Waals surface area contributed by atoms with Gasteiger partial charge in [-0.15, -0.1) is 0 Å². The van der Waals surface area contributed by atoms with E-state index in [1.807, 2.05) is 11.1 Å². The lowest BCUT2D eigenvalue weighted by atomic mass is 9.96. The summed E-state index contributed by atoms with van der Waals surface area (Å²) in [5, 5.41) is 1.07. The highest BCUT2D eigenvalue weighted by atomic mass is 16.3. The van der Waals surface area contributed by atoms with Crippen LogP contribution in [0, 0.1) is 19.8 Å². The van der Waals surface area contributed by atoms with Crippen LogP contribution in [-0.2, 0) is 17.8 Å². The van der Waals surface area contributed by atoms with Gasteiger partial charge in [-0.05, 0) is 43.7 Å². The lowest BCUT2D eigenvalue weighted by Gasteiger charge is -2.32. The van der Waals surface area contributed by atoms with Gasteiger partial charge in [0.1, 0.15) is 11.4 Å². The van der Waals surface area contributed by atoms with Crippen LogP contribution in [0.5, 0.6) is 0 Å². The van der Waals surface area contributed by atoms with Crippen molar-refractivity contribution in [1.29, 1.82) is 0 Å². The SMILES string of the molecule is Cc1ccc2c(CC(=O)N3CCC(Cn4ccnc4C(C)C)CC3)coc2c1C. The number of hydrogen-bond donors (Lipinski definition) is 0. The second kappa shape index (κ2) is 8.05. The molecule has 29 heavy (non-hydrogen) atoms. The van der Waals surface area contributed by atoms with Crippen molar-refractivity contribution in [1.82, 2.24) is 14.5 Å². The molecule has 0 N–H and O–H groups in total. The molecular formula is C24H31N3O2. The quantitative estimate of drug-likeness (QED) is 0.622. The van der Waals surface area contributed by atoms with E-state index in [9.17, 15) is 4.79 Å². The third-order valence-corrected chi connectivity index (χ3v) is 6.37. The van der Waals surface area contributed by atoms with E-state index in [-0.39, 0.29) is 5.91 Å². The highest BCUT2D eigenvalue weighted by molar-refractivity contribution is 5.89. The third kappa shape index (κ3) is 3.96. The van der Waals surface area contributed by atoms with Crippen molar-refractivity contribution in [3.63, 3.8) is 0 Å². The van der Waals surface area contributed by atoms with E-state index in [1.165, 1.54) is 5.56 Å². The van der Waals surface area contributed by atoms with E-state index in [0.29, 0.717) is 18.3 Å². The number of carbonyl (C=O) groups excluding carboxylic acids is 1. The first-order valence-electron chi connectivity index (χ1n) is 10.7. The first kappa shape index (κ1) is 19.7. The largest absolute Gasteiger partial charge is 0.464 e. The van der Waals surface area contributed by atoms with Gasteiger partial charge in [0.15, 0.2) is 0 Å². The van der Waals surface area contributed by atoms with Gasteiger partial charge >= 0.3 is 0 Å². The van der Waals surface area contributed by atoms with Crippen molar-refractivity contribution in [2.45, 2.75) is 59.4 Å². The van der Waals surface area contributed by atoms with Crippen LogP contribution in [0.2, 0.25) is 0 Å². The molecule has 0 unspecified atom stereocenters. The highest BCUT2D eigenvalue weighted by Gasteiger charge is 2.25. The number of nitrogens with zero attached hydrogens (tertiary/aromatic N) is 3. The lowest BCUT2D eigenvalue weighted by Crippen LogP contribution is -2.40. The molecule has 0 spiro atoms. The molecule has 5 nitrogen and oxygen atoms in total. The number of aryl methyl sites for hydroxylation is 2. The number of benzene rings is 1. The molecule has 4 rings (SSSR count). The van der Waals surface area contributed by atoms with Crippen LogP contribution in [-0.4, -0.2) is 33.4 Å². The summed E-state index contributed by atoms with van der Waals surface area (Å²) in [6.07, 6.45) is 8.25. The average Bonchev–Trinajstić information content (AvgIpc) is 3.33. The normalized spacial score (nSPS) is 15.6. The molecule has 1 aliphatic rings. The molecule has 3 heterocycles. The molecule has 0 saturated carbocycles. The second-order valence-corrected chi connectivity index (χ2v) is 8.74. The summed E-state index contributed by atoms with van der Waals surface area (Å²) in [5.74, 6) is 2.39. The topological polar surface area (TPSA) is 51.3 Å². The minimum atomic E-state index is 0.204. The summed E-state index contributed by atoms with van der Waals surface area (Å²) in [5.41, 5.74) is 4.27. The third-order valence-electron chi connectivity index (χ3n) is 6.37. The van der Waals surface area contributed by atoms with Gasteiger partial charge in [0.2, 0.25) is 5.91 Å². The fraction of sp³-hybridized carbons (Fsp3) is 0.500. The maximum absolute atomic E-state index is 12.9. The van der Waals surface area contributed by atoms with Crippen LogP contribution in [0.25, 0.3) is 11.0 Å². The average molecular weight is 394 g/mol. The molecule has 0 atom stereocenters. The molecular weight excluding hydrogens is 362 g/mol. The minimum Gasteiger partial charge on any atom is -0.464 e. The molecule has 1 fully saturated rings. The zero-order valence-corrected chi connectivity index (χ0v) is 17.9. The number of hydrogen-bond acceptors (Lipinski definition) is 3. The van der Waals surface area contributed by atoms with Gasteiger partial charge in [-0.3, -0.25) is 4.79 Å². The van der Waals surface area contributed by atoms with Crippen LogP contribution in [0.3, 0.4) is 0 Å². The van der Waals surface area contributed by atoms with E-state index in [4.69, 9.17) is 4.42 Å². The Morgan fingerprint density at radius 1 is 1.24 bits per heavy atom. The van der Waals surface area contributed by atoms with Crippen LogP contribution in [0.15, 0.2) is 35.2 Å². The van der Waals surface area contributed by atoms with E-state index in [0.717, 1.165) is 60.4 Å². The van der Waals surface area contributed by atoms with Gasteiger partial charge in [-0.25, -0.2) is 4.98 Å². The number of carbonyl (C=O) groups is 1. The number of aromatic nitrogens is 2. The van der Waals surface area contributed by atoms with Gasteiger partial charge in [0.05, 0.1) is 12.7 Å². The Labute approximate surface area is 172 Å².